The Labute approximate surface area is 123 Å². The first-order valence-corrected chi connectivity index (χ1v) is 7.28. The van der Waals surface area contributed by atoms with E-state index in [1.54, 1.807) is 34.4 Å². The molecule has 2 aromatic rings. The second-order valence-corrected chi connectivity index (χ2v) is 5.66. The van der Waals surface area contributed by atoms with E-state index in [2.05, 4.69) is 6.58 Å². The molecule has 20 heavy (non-hydrogen) atoms. The van der Waals surface area contributed by atoms with Gasteiger partial charge in [-0.25, -0.2) is 0 Å². The Morgan fingerprint density at radius 2 is 2.25 bits per heavy atom. The lowest BCUT2D eigenvalue weighted by molar-refractivity contribution is 0.0764. The van der Waals surface area contributed by atoms with Gasteiger partial charge in [-0.05, 0) is 42.1 Å². The van der Waals surface area contributed by atoms with Gasteiger partial charge in [-0.1, -0.05) is 12.1 Å². The third kappa shape index (κ3) is 3.27. The number of hydrogen-bond donors (Lipinski definition) is 1. The van der Waals surface area contributed by atoms with E-state index in [4.69, 9.17) is 5.73 Å². The number of amides is 1. The minimum atomic E-state index is 0.00130. The SMILES string of the molecule is C=CCN(Cc1cccs1)C(=O)c1ccc(N)c(C)c1. The van der Waals surface area contributed by atoms with E-state index >= 15 is 0 Å². The van der Waals surface area contributed by atoms with Gasteiger partial charge in [0.25, 0.3) is 5.91 Å². The molecule has 3 nitrogen and oxygen atoms in total. The van der Waals surface area contributed by atoms with Crippen molar-refractivity contribution in [2.24, 2.45) is 0 Å². The van der Waals surface area contributed by atoms with Crippen molar-refractivity contribution in [2.45, 2.75) is 13.5 Å². The molecule has 0 aliphatic carbocycles. The van der Waals surface area contributed by atoms with Gasteiger partial charge in [-0.15, -0.1) is 17.9 Å². The van der Waals surface area contributed by atoms with Crippen molar-refractivity contribution in [1.29, 1.82) is 0 Å². The molecule has 1 amide bonds. The number of hydrogen-bond acceptors (Lipinski definition) is 3. The first-order valence-electron chi connectivity index (χ1n) is 6.40. The first-order chi connectivity index (χ1) is 9.61. The number of rotatable bonds is 5. The quantitative estimate of drug-likeness (QED) is 0.676. The van der Waals surface area contributed by atoms with Crippen LogP contribution >= 0.6 is 11.3 Å². The van der Waals surface area contributed by atoms with Gasteiger partial charge >= 0.3 is 0 Å². The summed E-state index contributed by atoms with van der Waals surface area (Å²) in [6.07, 6.45) is 1.75. The Bertz CT molecular complexity index is 605. The fourth-order valence-electron chi connectivity index (χ4n) is 1.96. The number of benzene rings is 1. The zero-order valence-corrected chi connectivity index (χ0v) is 12.3. The summed E-state index contributed by atoms with van der Waals surface area (Å²) < 4.78 is 0. The highest BCUT2D eigenvalue weighted by atomic mass is 32.1. The summed E-state index contributed by atoms with van der Waals surface area (Å²) in [5.41, 5.74) is 8.08. The Morgan fingerprint density at radius 3 is 2.85 bits per heavy atom. The topological polar surface area (TPSA) is 46.3 Å². The molecule has 0 atom stereocenters. The van der Waals surface area contributed by atoms with Crippen molar-refractivity contribution < 1.29 is 4.79 Å². The molecular weight excluding hydrogens is 268 g/mol. The standard InChI is InChI=1S/C16H18N2OS/c1-3-8-18(11-14-5-4-9-20-14)16(19)13-6-7-15(17)12(2)10-13/h3-7,9-10H,1,8,11,17H2,2H3. The highest BCUT2D eigenvalue weighted by molar-refractivity contribution is 7.09. The summed E-state index contributed by atoms with van der Waals surface area (Å²) in [4.78, 5) is 15.5. The summed E-state index contributed by atoms with van der Waals surface area (Å²) >= 11 is 1.65. The van der Waals surface area contributed by atoms with E-state index < -0.39 is 0 Å². The molecule has 2 N–H and O–H groups in total. The van der Waals surface area contributed by atoms with Gasteiger partial charge in [0, 0.05) is 22.7 Å². The Kier molecular flexibility index (Phi) is 4.58. The van der Waals surface area contributed by atoms with Crippen molar-refractivity contribution in [3.8, 4) is 0 Å². The molecule has 0 bridgehead atoms. The number of nitrogen functional groups attached to an aromatic ring is 1. The minimum absolute atomic E-state index is 0.00130. The van der Waals surface area contributed by atoms with Gasteiger partial charge in [0.05, 0.1) is 6.54 Å². The molecule has 1 heterocycles. The number of anilines is 1. The third-order valence-electron chi connectivity index (χ3n) is 3.08. The molecule has 0 saturated heterocycles. The van der Waals surface area contributed by atoms with Crippen LogP contribution in [0.5, 0.6) is 0 Å². The van der Waals surface area contributed by atoms with Crippen LogP contribution < -0.4 is 5.73 Å². The molecule has 1 aromatic carbocycles. The van der Waals surface area contributed by atoms with Crippen molar-refractivity contribution in [3.05, 3.63) is 64.4 Å². The van der Waals surface area contributed by atoms with E-state index in [9.17, 15) is 4.79 Å². The second-order valence-electron chi connectivity index (χ2n) is 4.63. The summed E-state index contributed by atoms with van der Waals surface area (Å²) in [7, 11) is 0. The lowest BCUT2D eigenvalue weighted by Crippen LogP contribution is -2.30. The maximum Gasteiger partial charge on any atom is 0.254 e. The van der Waals surface area contributed by atoms with Crippen molar-refractivity contribution in [3.63, 3.8) is 0 Å². The number of aryl methyl sites for hydroxylation is 1. The van der Waals surface area contributed by atoms with Gasteiger partial charge in [0.2, 0.25) is 0 Å². The molecule has 0 saturated carbocycles. The number of carbonyl (C=O) groups is 1. The lowest BCUT2D eigenvalue weighted by Gasteiger charge is -2.21. The van der Waals surface area contributed by atoms with E-state index in [0.29, 0.717) is 24.3 Å². The van der Waals surface area contributed by atoms with Gasteiger partial charge in [0.15, 0.2) is 0 Å². The molecular formula is C16H18N2OS. The molecule has 104 valence electrons. The van der Waals surface area contributed by atoms with Gasteiger partial charge in [-0.2, -0.15) is 0 Å². The molecule has 2 rings (SSSR count). The smallest absolute Gasteiger partial charge is 0.254 e. The van der Waals surface area contributed by atoms with Crippen LogP contribution in [-0.2, 0) is 6.54 Å². The van der Waals surface area contributed by atoms with E-state index in [0.717, 1.165) is 10.4 Å². The van der Waals surface area contributed by atoms with Gasteiger partial charge < -0.3 is 10.6 Å². The van der Waals surface area contributed by atoms with E-state index in [1.165, 1.54) is 0 Å². The van der Waals surface area contributed by atoms with Crippen LogP contribution in [0, 0.1) is 6.92 Å². The summed E-state index contributed by atoms with van der Waals surface area (Å²) in [6, 6.07) is 9.41. The Hall–Kier alpha value is -2.07. The predicted octanol–water partition coefficient (Wildman–Crippen LogP) is 3.47. The fourth-order valence-corrected chi connectivity index (χ4v) is 2.68. The number of nitrogens with two attached hydrogens (primary N) is 1. The van der Waals surface area contributed by atoms with E-state index in [1.807, 2.05) is 30.5 Å². The van der Waals surface area contributed by atoms with Crippen LogP contribution in [0.15, 0.2) is 48.4 Å². The van der Waals surface area contributed by atoms with Crippen LogP contribution in [-0.4, -0.2) is 17.4 Å². The van der Waals surface area contributed by atoms with Crippen LogP contribution in [0.4, 0.5) is 5.69 Å². The van der Waals surface area contributed by atoms with E-state index in [-0.39, 0.29) is 5.91 Å². The van der Waals surface area contributed by atoms with Crippen LogP contribution in [0.3, 0.4) is 0 Å². The number of nitrogens with zero attached hydrogens (tertiary/aromatic N) is 1. The molecule has 0 spiro atoms. The van der Waals surface area contributed by atoms with Gasteiger partial charge in [0.1, 0.15) is 0 Å². The average Bonchev–Trinajstić information content (AvgIpc) is 2.93. The van der Waals surface area contributed by atoms with Crippen LogP contribution in [0.1, 0.15) is 20.8 Å². The zero-order chi connectivity index (χ0) is 14.5. The molecule has 0 unspecified atom stereocenters. The highest BCUT2D eigenvalue weighted by Crippen LogP contribution is 2.17. The second kappa shape index (κ2) is 6.39. The molecule has 0 aliphatic heterocycles. The van der Waals surface area contributed by atoms with Crippen LogP contribution in [0.2, 0.25) is 0 Å². The van der Waals surface area contributed by atoms with Crippen molar-refractivity contribution in [2.75, 3.05) is 12.3 Å². The maximum absolute atomic E-state index is 12.6. The molecule has 0 radical (unpaired) electrons. The predicted molar refractivity (Wildman–Crippen MR) is 84.8 cm³/mol. The first kappa shape index (κ1) is 14.3. The molecule has 1 aromatic heterocycles. The number of thiophene rings is 1. The maximum atomic E-state index is 12.6. The Morgan fingerprint density at radius 1 is 1.45 bits per heavy atom. The molecule has 4 heteroatoms. The largest absolute Gasteiger partial charge is 0.399 e. The number of carbonyl (C=O) groups excluding carboxylic acids is 1. The van der Waals surface area contributed by atoms with Crippen molar-refractivity contribution in [1.82, 2.24) is 4.90 Å². The highest BCUT2D eigenvalue weighted by Gasteiger charge is 2.16. The average molecular weight is 286 g/mol. The van der Waals surface area contributed by atoms with Crippen molar-refractivity contribution >= 4 is 22.9 Å². The summed E-state index contributed by atoms with van der Waals surface area (Å²) in [5, 5.41) is 2.01. The van der Waals surface area contributed by atoms with Crippen LogP contribution in [0.25, 0.3) is 0 Å². The molecule has 0 fully saturated rings. The Balaban J connectivity index is 2.21. The summed E-state index contributed by atoms with van der Waals surface area (Å²) in [6.45, 7) is 6.76. The lowest BCUT2D eigenvalue weighted by atomic mass is 10.1. The summed E-state index contributed by atoms with van der Waals surface area (Å²) in [5.74, 6) is 0.00130. The fraction of sp³-hybridized carbons (Fsp3) is 0.188. The molecule has 0 aliphatic rings. The normalized spacial score (nSPS) is 10.2. The third-order valence-corrected chi connectivity index (χ3v) is 3.94. The zero-order valence-electron chi connectivity index (χ0n) is 11.5. The monoisotopic (exact) mass is 286 g/mol. The van der Waals surface area contributed by atoms with Gasteiger partial charge in [-0.3, -0.25) is 4.79 Å². The minimum Gasteiger partial charge on any atom is -0.399 e.